The maximum atomic E-state index is 12.0. The minimum absolute atomic E-state index is 0.0717. The van der Waals surface area contributed by atoms with Crippen LogP contribution in [0.4, 0.5) is 0 Å². The number of Topliss-reactive ketones (excluding diaryl/α,β-unsaturated/α-hetero) is 1. The Bertz CT molecular complexity index is 525. The first-order chi connectivity index (χ1) is 9.47. The molecular weight excluding hydrogens is 264 g/mol. The third-order valence-electron chi connectivity index (χ3n) is 3.26. The lowest BCUT2D eigenvalue weighted by molar-refractivity contribution is 0.0840. The summed E-state index contributed by atoms with van der Waals surface area (Å²) in [4.78, 5) is 12.0. The van der Waals surface area contributed by atoms with Gasteiger partial charge in [0, 0.05) is 24.5 Å². The standard InChI is InChI=1S/C14H18O6/c1-7-3-10(17)13-11(18)5-12(19-2)9(14(13)20-7)4-8(16)6-15/h5,7-8,15-16,18H,3-4,6H2,1-2H3. The SMILES string of the molecule is COc1cc(O)c2c(c1CC(O)CO)OC(C)CC2=O. The molecule has 1 aliphatic heterocycles. The number of methoxy groups -OCH3 is 1. The van der Waals surface area contributed by atoms with Crippen molar-refractivity contribution in [1.82, 2.24) is 0 Å². The molecule has 0 radical (unpaired) electrons. The number of hydrogen-bond donors (Lipinski definition) is 3. The van der Waals surface area contributed by atoms with Gasteiger partial charge in [0.05, 0.1) is 19.8 Å². The number of aliphatic hydroxyl groups is 2. The van der Waals surface area contributed by atoms with Crippen LogP contribution in [0.1, 0.15) is 29.3 Å². The van der Waals surface area contributed by atoms with E-state index in [1.807, 2.05) is 0 Å². The minimum atomic E-state index is -0.992. The van der Waals surface area contributed by atoms with Gasteiger partial charge in [0.1, 0.15) is 28.9 Å². The number of hydrogen-bond acceptors (Lipinski definition) is 6. The zero-order valence-corrected chi connectivity index (χ0v) is 11.4. The monoisotopic (exact) mass is 282 g/mol. The van der Waals surface area contributed by atoms with E-state index < -0.39 is 12.7 Å². The zero-order chi connectivity index (χ0) is 14.9. The summed E-state index contributed by atoms with van der Waals surface area (Å²) in [6.07, 6.45) is -1.04. The highest BCUT2D eigenvalue weighted by molar-refractivity contribution is 6.03. The first kappa shape index (κ1) is 14.6. The number of aromatic hydroxyl groups is 1. The topological polar surface area (TPSA) is 96.2 Å². The number of rotatable bonds is 4. The Labute approximate surface area is 116 Å². The van der Waals surface area contributed by atoms with Crippen LogP contribution in [-0.2, 0) is 6.42 Å². The number of ether oxygens (including phenoxy) is 2. The molecule has 6 nitrogen and oxygen atoms in total. The van der Waals surface area contributed by atoms with Crippen molar-refractivity contribution in [3.05, 3.63) is 17.2 Å². The van der Waals surface area contributed by atoms with Crippen LogP contribution in [0.3, 0.4) is 0 Å². The third kappa shape index (κ3) is 2.57. The van der Waals surface area contributed by atoms with Crippen molar-refractivity contribution in [2.24, 2.45) is 0 Å². The summed E-state index contributed by atoms with van der Waals surface area (Å²) < 4.78 is 10.8. The summed E-state index contributed by atoms with van der Waals surface area (Å²) in [5.74, 6) is 0.142. The molecule has 0 fully saturated rings. The lowest BCUT2D eigenvalue weighted by Gasteiger charge is -2.27. The van der Waals surface area contributed by atoms with Crippen molar-refractivity contribution in [1.29, 1.82) is 0 Å². The second-order valence-electron chi connectivity index (χ2n) is 4.88. The van der Waals surface area contributed by atoms with Crippen LogP contribution >= 0.6 is 0 Å². The van der Waals surface area contributed by atoms with Crippen LogP contribution < -0.4 is 9.47 Å². The molecule has 2 unspecified atom stereocenters. The summed E-state index contributed by atoms with van der Waals surface area (Å²) in [7, 11) is 1.42. The van der Waals surface area contributed by atoms with Gasteiger partial charge in [-0.1, -0.05) is 0 Å². The Balaban J connectivity index is 2.58. The smallest absolute Gasteiger partial charge is 0.174 e. The molecule has 0 saturated heterocycles. The molecule has 3 N–H and O–H groups in total. The van der Waals surface area contributed by atoms with Crippen molar-refractivity contribution >= 4 is 5.78 Å². The number of benzene rings is 1. The van der Waals surface area contributed by atoms with Gasteiger partial charge in [0.15, 0.2) is 5.78 Å². The van der Waals surface area contributed by atoms with E-state index in [9.17, 15) is 15.0 Å². The summed E-state index contributed by atoms with van der Waals surface area (Å²) >= 11 is 0. The number of carbonyl (C=O) groups excluding carboxylic acids is 1. The molecule has 110 valence electrons. The van der Waals surface area contributed by atoms with E-state index in [-0.39, 0.29) is 41.8 Å². The maximum absolute atomic E-state index is 12.0. The highest BCUT2D eigenvalue weighted by Gasteiger charge is 2.31. The van der Waals surface area contributed by atoms with Gasteiger partial charge in [0.25, 0.3) is 0 Å². The van der Waals surface area contributed by atoms with Crippen LogP contribution in [0.5, 0.6) is 17.2 Å². The molecule has 0 amide bonds. The Kier molecular flexibility index (Phi) is 4.15. The molecule has 0 aromatic heterocycles. The van der Waals surface area contributed by atoms with Crippen molar-refractivity contribution in [2.75, 3.05) is 13.7 Å². The van der Waals surface area contributed by atoms with Crippen LogP contribution in [0.25, 0.3) is 0 Å². The maximum Gasteiger partial charge on any atom is 0.174 e. The fourth-order valence-electron chi connectivity index (χ4n) is 2.34. The number of phenolic OH excluding ortho intramolecular Hbond substituents is 1. The average molecular weight is 282 g/mol. The number of aliphatic hydroxyl groups excluding tert-OH is 2. The highest BCUT2D eigenvalue weighted by atomic mass is 16.5. The molecule has 1 aliphatic rings. The molecule has 1 heterocycles. The number of carbonyl (C=O) groups is 1. The molecule has 0 aliphatic carbocycles. The Morgan fingerprint density at radius 1 is 1.55 bits per heavy atom. The van der Waals surface area contributed by atoms with Gasteiger partial charge >= 0.3 is 0 Å². The lowest BCUT2D eigenvalue weighted by atomic mass is 9.94. The number of phenols is 1. The van der Waals surface area contributed by atoms with Crippen LogP contribution in [0.2, 0.25) is 0 Å². The molecule has 1 aromatic rings. The normalized spacial score (nSPS) is 19.2. The highest BCUT2D eigenvalue weighted by Crippen LogP contribution is 2.43. The predicted octanol–water partition coefficient (Wildman–Crippen LogP) is 0.650. The van der Waals surface area contributed by atoms with Gasteiger partial charge in [0.2, 0.25) is 0 Å². The van der Waals surface area contributed by atoms with E-state index in [1.54, 1.807) is 6.92 Å². The van der Waals surface area contributed by atoms with Gasteiger partial charge in [-0.25, -0.2) is 0 Å². The quantitative estimate of drug-likeness (QED) is 0.750. The Morgan fingerprint density at radius 2 is 2.25 bits per heavy atom. The molecular formula is C14H18O6. The Morgan fingerprint density at radius 3 is 2.85 bits per heavy atom. The second kappa shape index (κ2) is 5.68. The first-order valence-electron chi connectivity index (χ1n) is 6.39. The zero-order valence-electron chi connectivity index (χ0n) is 11.4. The average Bonchev–Trinajstić information content (AvgIpc) is 2.40. The summed E-state index contributed by atoms with van der Waals surface area (Å²) in [5, 5.41) is 28.5. The van der Waals surface area contributed by atoms with Gasteiger partial charge in [-0.2, -0.15) is 0 Å². The van der Waals surface area contributed by atoms with Gasteiger partial charge in [-0.3, -0.25) is 4.79 Å². The number of ketones is 1. The third-order valence-corrected chi connectivity index (χ3v) is 3.26. The minimum Gasteiger partial charge on any atom is -0.507 e. The molecule has 1 aromatic carbocycles. The number of fused-ring (bicyclic) bond motifs is 1. The largest absolute Gasteiger partial charge is 0.507 e. The first-order valence-corrected chi connectivity index (χ1v) is 6.39. The predicted molar refractivity (Wildman–Crippen MR) is 70.5 cm³/mol. The molecule has 0 bridgehead atoms. The van der Waals surface area contributed by atoms with Gasteiger partial charge in [-0.05, 0) is 6.92 Å². The molecule has 2 rings (SSSR count). The van der Waals surface area contributed by atoms with E-state index in [0.29, 0.717) is 11.3 Å². The molecule has 20 heavy (non-hydrogen) atoms. The molecule has 2 atom stereocenters. The van der Waals surface area contributed by atoms with E-state index in [2.05, 4.69) is 0 Å². The summed E-state index contributed by atoms with van der Waals surface area (Å²) in [6.45, 7) is 1.34. The van der Waals surface area contributed by atoms with E-state index in [0.717, 1.165) is 0 Å². The van der Waals surface area contributed by atoms with Crippen LogP contribution in [-0.4, -0.2) is 47.0 Å². The summed E-state index contributed by atoms with van der Waals surface area (Å²) in [5.41, 5.74) is 0.589. The Hall–Kier alpha value is -1.79. The summed E-state index contributed by atoms with van der Waals surface area (Å²) in [6, 6.07) is 1.33. The van der Waals surface area contributed by atoms with E-state index in [4.69, 9.17) is 14.6 Å². The van der Waals surface area contributed by atoms with E-state index >= 15 is 0 Å². The van der Waals surface area contributed by atoms with Crippen LogP contribution in [0, 0.1) is 0 Å². The molecule has 6 heteroatoms. The fourth-order valence-corrected chi connectivity index (χ4v) is 2.34. The molecule has 0 saturated carbocycles. The van der Waals surface area contributed by atoms with Gasteiger partial charge < -0.3 is 24.8 Å². The van der Waals surface area contributed by atoms with Crippen molar-refractivity contribution in [3.8, 4) is 17.2 Å². The molecule has 0 spiro atoms. The second-order valence-corrected chi connectivity index (χ2v) is 4.88. The van der Waals surface area contributed by atoms with Gasteiger partial charge in [-0.15, -0.1) is 0 Å². The fraction of sp³-hybridized carbons (Fsp3) is 0.500. The van der Waals surface area contributed by atoms with E-state index in [1.165, 1.54) is 13.2 Å². The van der Waals surface area contributed by atoms with Crippen molar-refractivity contribution in [3.63, 3.8) is 0 Å². The van der Waals surface area contributed by atoms with Crippen molar-refractivity contribution < 1.29 is 29.6 Å². The van der Waals surface area contributed by atoms with Crippen LogP contribution in [0.15, 0.2) is 6.07 Å². The lowest BCUT2D eigenvalue weighted by Crippen LogP contribution is -2.26. The van der Waals surface area contributed by atoms with Crippen molar-refractivity contribution in [2.45, 2.75) is 32.0 Å².